The zero-order chi connectivity index (χ0) is 8.10. The van der Waals surface area contributed by atoms with Gasteiger partial charge in [0.1, 0.15) is 0 Å². The molecule has 0 aromatic heterocycles. The van der Waals surface area contributed by atoms with Gasteiger partial charge in [-0.2, -0.15) is 11.8 Å². The first-order valence-electron chi connectivity index (χ1n) is 3.68. The SMILES string of the molecule is O=[N+]([O-])OCCC1CCCS1. The maximum absolute atomic E-state index is 9.75. The van der Waals surface area contributed by atoms with Gasteiger partial charge in [-0.1, -0.05) is 0 Å². The maximum Gasteiger partial charge on any atom is 0.294 e. The highest BCUT2D eigenvalue weighted by molar-refractivity contribution is 8.00. The minimum Gasteiger partial charge on any atom is -0.314 e. The first-order valence-corrected chi connectivity index (χ1v) is 4.73. The summed E-state index contributed by atoms with van der Waals surface area (Å²) in [5.74, 6) is 1.20. The molecule has 1 fully saturated rings. The molecule has 4 nitrogen and oxygen atoms in total. The lowest BCUT2D eigenvalue weighted by atomic mass is 10.2. The van der Waals surface area contributed by atoms with Crippen molar-refractivity contribution in [1.82, 2.24) is 0 Å². The average Bonchev–Trinajstić information content (AvgIpc) is 2.39. The Morgan fingerprint density at radius 2 is 2.55 bits per heavy atom. The molecule has 5 heteroatoms. The van der Waals surface area contributed by atoms with Crippen LogP contribution in [0, 0.1) is 10.1 Å². The van der Waals surface area contributed by atoms with Gasteiger partial charge in [-0.25, -0.2) is 0 Å². The van der Waals surface area contributed by atoms with Crippen LogP contribution in [-0.4, -0.2) is 22.7 Å². The molecular formula is C6H11NO3S. The second-order valence-electron chi connectivity index (χ2n) is 2.48. The molecule has 1 rings (SSSR count). The Bertz CT molecular complexity index is 136. The summed E-state index contributed by atoms with van der Waals surface area (Å²) >= 11 is 1.89. The van der Waals surface area contributed by atoms with E-state index in [0.717, 1.165) is 6.42 Å². The summed E-state index contributed by atoms with van der Waals surface area (Å²) in [6.45, 7) is 0.255. The Kier molecular flexibility index (Phi) is 3.48. The van der Waals surface area contributed by atoms with Crippen LogP contribution in [0.2, 0.25) is 0 Å². The zero-order valence-electron chi connectivity index (χ0n) is 6.19. The summed E-state index contributed by atoms with van der Waals surface area (Å²) in [7, 11) is 0. The molecule has 1 heterocycles. The minimum atomic E-state index is -0.723. The van der Waals surface area contributed by atoms with E-state index in [2.05, 4.69) is 4.84 Å². The van der Waals surface area contributed by atoms with Crippen molar-refractivity contribution in [2.45, 2.75) is 24.5 Å². The normalized spacial score (nSPS) is 23.5. The van der Waals surface area contributed by atoms with Gasteiger partial charge in [-0.05, 0) is 25.0 Å². The topological polar surface area (TPSA) is 52.4 Å². The van der Waals surface area contributed by atoms with E-state index in [-0.39, 0.29) is 6.61 Å². The maximum atomic E-state index is 9.75. The van der Waals surface area contributed by atoms with Crippen LogP contribution in [0.1, 0.15) is 19.3 Å². The predicted molar refractivity (Wildman–Crippen MR) is 43.0 cm³/mol. The van der Waals surface area contributed by atoms with Gasteiger partial charge in [-0.15, -0.1) is 10.1 Å². The van der Waals surface area contributed by atoms with E-state index in [4.69, 9.17) is 0 Å². The molecule has 0 aromatic carbocycles. The average molecular weight is 177 g/mol. The lowest BCUT2D eigenvalue weighted by molar-refractivity contribution is -0.757. The Morgan fingerprint density at radius 1 is 1.73 bits per heavy atom. The van der Waals surface area contributed by atoms with Crippen LogP contribution in [0.4, 0.5) is 0 Å². The standard InChI is InChI=1S/C6H11NO3S/c8-7(9)10-4-3-6-2-1-5-11-6/h6H,1-5H2. The van der Waals surface area contributed by atoms with E-state index in [1.165, 1.54) is 18.6 Å². The van der Waals surface area contributed by atoms with Crippen LogP contribution in [0.25, 0.3) is 0 Å². The molecule has 0 radical (unpaired) electrons. The van der Waals surface area contributed by atoms with E-state index in [1.54, 1.807) is 0 Å². The van der Waals surface area contributed by atoms with E-state index >= 15 is 0 Å². The highest BCUT2D eigenvalue weighted by Crippen LogP contribution is 2.28. The number of rotatable bonds is 4. The summed E-state index contributed by atoms with van der Waals surface area (Å²) in [5.41, 5.74) is 0. The molecule has 0 N–H and O–H groups in total. The van der Waals surface area contributed by atoms with Crippen molar-refractivity contribution in [3.63, 3.8) is 0 Å². The van der Waals surface area contributed by atoms with Crippen molar-refractivity contribution in [3.05, 3.63) is 10.1 Å². The summed E-state index contributed by atoms with van der Waals surface area (Å²) in [4.78, 5) is 14.0. The van der Waals surface area contributed by atoms with Gasteiger partial charge in [0.25, 0.3) is 5.09 Å². The summed E-state index contributed by atoms with van der Waals surface area (Å²) < 4.78 is 0. The van der Waals surface area contributed by atoms with Crippen molar-refractivity contribution in [2.75, 3.05) is 12.4 Å². The van der Waals surface area contributed by atoms with Crippen molar-refractivity contribution in [2.24, 2.45) is 0 Å². The summed E-state index contributed by atoms with van der Waals surface area (Å²) in [6.07, 6.45) is 3.24. The third-order valence-corrected chi connectivity index (χ3v) is 3.13. The fourth-order valence-electron chi connectivity index (χ4n) is 1.13. The van der Waals surface area contributed by atoms with Crippen LogP contribution in [-0.2, 0) is 4.84 Å². The summed E-state index contributed by atoms with van der Waals surface area (Å²) in [6, 6.07) is 0. The van der Waals surface area contributed by atoms with Gasteiger partial charge in [-0.3, -0.25) is 0 Å². The Hall–Kier alpha value is -0.450. The van der Waals surface area contributed by atoms with Gasteiger partial charge in [0.2, 0.25) is 0 Å². The van der Waals surface area contributed by atoms with E-state index < -0.39 is 5.09 Å². The Balaban J connectivity index is 1.98. The molecule has 0 aliphatic carbocycles. The molecule has 0 spiro atoms. The van der Waals surface area contributed by atoms with Crippen molar-refractivity contribution in [3.8, 4) is 0 Å². The molecule has 64 valence electrons. The lowest BCUT2D eigenvalue weighted by Gasteiger charge is -2.05. The van der Waals surface area contributed by atoms with Crippen molar-refractivity contribution in [1.29, 1.82) is 0 Å². The molecule has 1 aliphatic rings. The number of hydrogen-bond donors (Lipinski definition) is 0. The Morgan fingerprint density at radius 3 is 3.09 bits per heavy atom. The van der Waals surface area contributed by atoms with Crippen LogP contribution >= 0.6 is 11.8 Å². The quantitative estimate of drug-likeness (QED) is 0.482. The van der Waals surface area contributed by atoms with E-state index in [1.807, 2.05) is 11.8 Å². The number of nitrogens with zero attached hydrogens (tertiary/aromatic N) is 1. The van der Waals surface area contributed by atoms with Gasteiger partial charge in [0.05, 0.1) is 6.61 Å². The van der Waals surface area contributed by atoms with Crippen LogP contribution in [0.15, 0.2) is 0 Å². The highest BCUT2D eigenvalue weighted by atomic mass is 32.2. The number of hydrogen-bond acceptors (Lipinski definition) is 4. The molecule has 0 aromatic rings. The molecule has 0 saturated carbocycles. The van der Waals surface area contributed by atoms with Crippen LogP contribution < -0.4 is 0 Å². The zero-order valence-corrected chi connectivity index (χ0v) is 7.01. The van der Waals surface area contributed by atoms with Crippen LogP contribution in [0.5, 0.6) is 0 Å². The van der Waals surface area contributed by atoms with E-state index in [0.29, 0.717) is 5.25 Å². The molecule has 1 atom stereocenters. The predicted octanol–water partition coefficient (Wildman–Crippen LogP) is 1.48. The van der Waals surface area contributed by atoms with Gasteiger partial charge < -0.3 is 4.84 Å². The fourth-order valence-corrected chi connectivity index (χ4v) is 2.39. The fraction of sp³-hybridized carbons (Fsp3) is 1.00. The molecule has 1 unspecified atom stereocenters. The molecule has 0 bridgehead atoms. The van der Waals surface area contributed by atoms with Crippen molar-refractivity contribution >= 4 is 11.8 Å². The van der Waals surface area contributed by atoms with Gasteiger partial charge in [0, 0.05) is 5.25 Å². The molecule has 0 amide bonds. The third kappa shape index (κ3) is 3.46. The lowest BCUT2D eigenvalue weighted by Crippen LogP contribution is -2.07. The highest BCUT2D eigenvalue weighted by Gasteiger charge is 2.15. The van der Waals surface area contributed by atoms with Crippen LogP contribution in [0.3, 0.4) is 0 Å². The smallest absolute Gasteiger partial charge is 0.294 e. The first kappa shape index (κ1) is 8.64. The molecule has 1 saturated heterocycles. The minimum absolute atomic E-state index is 0.255. The molecule has 11 heavy (non-hydrogen) atoms. The summed E-state index contributed by atoms with van der Waals surface area (Å²) in [5, 5.41) is 9.62. The second kappa shape index (κ2) is 4.43. The van der Waals surface area contributed by atoms with Crippen molar-refractivity contribution < 1.29 is 9.92 Å². The van der Waals surface area contributed by atoms with Gasteiger partial charge in [0.15, 0.2) is 0 Å². The molecule has 1 aliphatic heterocycles. The second-order valence-corrected chi connectivity index (χ2v) is 3.89. The first-order chi connectivity index (χ1) is 5.29. The largest absolute Gasteiger partial charge is 0.314 e. The van der Waals surface area contributed by atoms with E-state index in [9.17, 15) is 10.1 Å². The number of thioether (sulfide) groups is 1. The third-order valence-electron chi connectivity index (χ3n) is 1.66. The monoisotopic (exact) mass is 177 g/mol. The Labute approximate surface area is 69.4 Å². The van der Waals surface area contributed by atoms with Gasteiger partial charge >= 0.3 is 0 Å². The molecular weight excluding hydrogens is 166 g/mol.